The van der Waals surface area contributed by atoms with E-state index in [2.05, 4.69) is 5.32 Å². The molecule has 1 N–H and O–H groups in total. The summed E-state index contributed by atoms with van der Waals surface area (Å²) in [6.45, 7) is 4.13. The zero-order valence-corrected chi connectivity index (χ0v) is 15.3. The van der Waals surface area contributed by atoms with Gasteiger partial charge in [0, 0.05) is 25.0 Å². The lowest BCUT2D eigenvalue weighted by atomic mass is 10.0. The highest BCUT2D eigenvalue weighted by atomic mass is 35.5. The first-order valence-corrected chi connectivity index (χ1v) is 8.76. The Bertz CT molecular complexity index is 836. The Kier molecular flexibility index (Phi) is 5.32. The maximum Gasteiger partial charge on any atom is 0.227 e. The number of amides is 2. The van der Waals surface area contributed by atoms with Gasteiger partial charge in [-0.25, -0.2) is 4.39 Å². The number of rotatable bonds is 4. The Hall–Kier alpha value is -2.34. The molecule has 1 aromatic heterocycles. The van der Waals surface area contributed by atoms with Crippen molar-refractivity contribution in [3.63, 3.8) is 0 Å². The van der Waals surface area contributed by atoms with Gasteiger partial charge >= 0.3 is 0 Å². The molecule has 0 aliphatic carbocycles. The molecule has 0 radical (unpaired) electrons. The Balaban J connectivity index is 1.75. The van der Waals surface area contributed by atoms with Crippen LogP contribution < -0.4 is 5.32 Å². The van der Waals surface area contributed by atoms with Crippen molar-refractivity contribution in [2.45, 2.75) is 32.2 Å². The molecule has 0 unspecified atom stereocenters. The number of benzene rings is 1. The summed E-state index contributed by atoms with van der Waals surface area (Å²) in [4.78, 5) is 25.9. The summed E-state index contributed by atoms with van der Waals surface area (Å²) in [5, 5.41) is 3.13. The standard InChI is InChI=1S/C19H20ClFN2O3/c1-11-3-6-18(26-11)15-9-23(10-17(15)22-12(2)24)19(25)7-13-4-5-14(21)8-16(13)20/h3-6,8,15,17H,7,9-10H2,1-2H3,(H,22,24)/t15-,17-/m1/s1. The van der Waals surface area contributed by atoms with E-state index in [9.17, 15) is 14.0 Å². The van der Waals surface area contributed by atoms with Crippen LogP contribution in [0.1, 0.15) is 29.9 Å². The largest absolute Gasteiger partial charge is 0.466 e. The SMILES string of the molecule is CC(=O)N[C@@H]1CN(C(=O)Cc2ccc(F)cc2Cl)C[C@H]1c1ccc(C)o1. The summed E-state index contributed by atoms with van der Waals surface area (Å²) < 4.78 is 18.9. The van der Waals surface area contributed by atoms with Gasteiger partial charge in [0.15, 0.2) is 0 Å². The highest BCUT2D eigenvalue weighted by Crippen LogP contribution is 2.30. The number of likely N-dealkylation sites (tertiary alicyclic amines) is 1. The number of aryl methyl sites for hydroxylation is 1. The van der Waals surface area contributed by atoms with E-state index >= 15 is 0 Å². The number of carbonyl (C=O) groups is 2. The average Bonchev–Trinajstić information content (AvgIpc) is 3.15. The van der Waals surface area contributed by atoms with Crippen molar-refractivity contribution in [3.05, 3.63) is 58.3 Å². The van der Waals surface area contributed by atoms with Crippen molar-refractivity contribution in [2.75, 3.05) is 13.1 Å². The summed E-state index contributed by atoms with van der Waals surface area (Å²) >= 11 is 6.02. The molecule has 1 fully saturated rings. The first kappa shape index (κ1) is 18.5. The molecule has 26 heavy (non-hydrogen) atoms. The Morgan fingerprint density at radius 1 is 1.31 bits per heavy atom. The van der Waals surface area contributed by atoms with Crippen LogP contribution in [0.4, 0.5) is 4.39 Å². The zero-order chi connectivity index (χ0) is 18.8. The highest BCUT2D eigenvalue weighted by Gasteiger charge is 2.38. The number of furan rings is 1. The molecule has 1 saturated heterocycles. The molecule has 1 aliphatic heterocycles. The van der Waals surface area contributed by atoms with E-state index in [1.165, 1.54) is 25.1 Å². The van der Waals surface area contributed by atoms with Crippen LogP contribution in [0.5, 0.6) is 0 Å². The van der Waals surface area contributed by atoms with Gasteiger partial charge in [0.25, 0.3) is 0 Å². The summed E-state index contributed by atoms with van der Waals surface area (Å²) in [5.74, 6) is 0.700. The van der Waals surface area contributed by atoms with Gasteiger partial charge < -0.3 is 14.6 Å². The van der Waals surface area contributed by atoms with E-state index in [1.54, 1.807) is 4.90 Å². The van der Waals surface area contributed by atoms with Crippen LogP contribution in [0.2, 0.25) is 5.02 Å². The average molecular weight is 379 g/mol. The number of nitrogens with zero attached hydrogens (tertiary/aromatic N) is 1. The lowest BCUT2D eigenvalue weighted by Gasteiger charge is -2.17. The first-order valence-electron chi connectivity index (χ1n) is 8.38. The van der Waals surface area contributed by atoms with E-state index < -0.39 is 5.82 Å². The second-order valence-electron chi connectivity index (χ2n) is 6.57. The van der Waals surface area contributed by atoms with Crippen LogP contribution in [0.25, 0.3) is 0 Å². The zero-order valence-electron chi connectivity index (χ0n) is 14.6. The van der Waals surface area contributed by atoms with Gasteiger partial charge in [0.05, 0.1) is 18.4 Å². The van der Waals surface area contributed by atoms with E-state index in [-0.39, 0.29) is 35.2 Å². The number of carbonyl (C=O) groups excluding carboxylic acids is 2. The predicted molar refractivity (Wildman–Crippen MR) is 95.5 cm³/mol. The normalized spacial score (nSPS) is 19.6. The van der Waals surface area contributed by atoms with E-state index in [0.29, 0.717) is 18.7 Å². The number of nitrogens with one attached hydrogen (secondary N) is 1. The Labute approximate surface area is 156 Å². The molecule has 2 atom stereocenters. The molecule has 0 saturated carbocycles. The molecule has 1 aliphatic rings. The van der Waals surface area contributed by atoms with Crippen molar-refractivity contribution >= 4 is 23.4 Å². The Morgan fingerprint density at radius 2 is 2.08 bits per heavy atom. The van der Waals surface area contributed by atoms with Crippen LogP contribution in [-0.2, 0) is 16.0 Å². The maximum atomic E-state index is 13.2. The van der Waals surface area contributed by atoms with Crippen LogP contribution in [-0.4, -0.2) is 35.8 Å². The third-order valence-electron chi connectivity index (χ3n) is 4.54. The van der Waals surface area contributed by atoms with Crippen LogP contribution in [0.3, 0.4) is 0 Å². The predicted octanol–water partition coefficient (Wildman–Crippen LogP) is 3.05. The van der Waals surface area contributed by atoms with Crippen LogP contribution >= 0.6 is 11.6 Å². The fourth-order valence-electron chi connectivity index (χ4n) is 3.30. The van der Waals surface area contributed by atoms with Gasteiger partial charge in [-0.3, -0.25) is 9.59 Å². The molecular formula is C19H20ClFN2O3. The van der Waals surface area contributed by atoms with E-state index in [1.807, 2.05) is 19.1 Å². The summed E-state index contributed by atoms with van der Waals surface area (Å²) in [6.07, 6.45) is 0.0792. The highest BCUT2D eigenvalue weighted by molar-refractivity contribution is 6.31. The number of hydrogen-bond donors (Lipinski definition) is 1. The molecule has 0 spiro atoms. The van der Waals surface area contributed by atoms with Crippen molar-refractivity contribution in [3.8, 4) is 0 Å². The van der Waals surface area contributed by atoms with Crippen molar-refractivity contribution in [2.24, 2.45) is 0 Å². The smallest absolute Gasteiger partial charge is 0.227 e. The van der Waals surface area contributed by atoms with Gasteiger partial charge in [-0.15, -0.1) is 0 Å². The van der Waals surface area contributed by atoms with Crippen molar-refractivity contribution in [1.29, 1.82) is 0 Å². The molecule has 138 valence electrons. The van der Waals surface area contributed by atoms with Gasteiger partial charge in [0.1, 0.15) is 17.3 Å². The van der Waals surface area contributed by atoms with Crippen molar-refractivity contribution < 1.29 is 18.4 Å². The van der Waals surface area contributed by atoms with Crippen molar-refractivity contribution in [1.82, 2.24) is 10.2 Å². The maximum absolute atomic E-state index is 13.2. The fourth-order valence-corrected chi connectivity index (χ4v) is 3.53. The van der Waals surface area contributed by atoms with Gasteiger partial charge in [-0.1, -0.05) is 17.7 Å². The molecule has 0 bridgehead atoms. The van der Waals surface area contributed by atoms with Gasteiger partial charge in [0.2, 0.25) is 11.8 Å². The molecule has 2 aromatic rings. The first-order chi connectivity index (χ1) is 12.3. The fraction of sp³-hybridized carbons (Fsp3) is 0.368. The molecule has 1 aromatic carbocycles. The lowest BCUT2D eigenvalue weighted by molar-refractivity contribution is -0.129. The van der Waals surface area contributed by atoms with Crippen LogP contribution in [0, 0.1) is 12.7 Å². The van der Waals surface area contributed by atoms with E-state index in [0.717, 1.165) is 11.5 Å². The van der Waals surface area contributed by atoms with E-state index in [4.69, 9.17) is 16.0 Å². The van der Waals surface area contributed by atoms with Crippen LogP contribution in [0.15, 0.2) is 34.7 Å². The number of hydrogen-bond acceptors (Lipinski definition) is 3. The molecule has 2 heterocycles. The van der Waals surface area contributed by atoms with Gasteiger partial charge in [-0.2, -0.15) is 0 Å². The molecular weight excluding hydrogens is 359 g/mol. The minimum atomic E-state index is -0.439. The quantitative estimate of drug-likeness (QED) is 0.889. The molecule has 7 heteroatoms. The molecule has 5 nitrogen and oxygen atoms in total. The second-order valence-corrected chi connectivity index (χ2v) is 6.98. The third-order valence-corrected chi connectivity index (χ3v) is 4.90. The molecule has 3 rings (SSSR count). The Morgan fingerprint density at radius 3 is 2.69 bits per heavy atom. The minimum Gasteiger partial charge on any atom is -0.466 e. The van der Waals surface area contributed by atoms with Gasteiger partial charge in [-0.05, 0) is 36.8 Å². The summed E-state index contributed by atoms with van der Waals surface area (Å²) in [5.41, 5.74) is 0.575. The molecule has 2 amide bonds. The number of halogens is 2. The third kappa shape index (κ3) is 4.07. The second kappa shape index (κ2) is 7.50. The monoisotopic (exact) mass is 378 g/mol. The topological polar surface area (TPSA) is 62.6 Å². The summed E-state index contributed by atoms with van der Waals surface area (Å²) in [6, 6.07) is 7.52. The lowest BCUT2D eigenvalue weighted by Crippen LogP contribution is -2.39. The minimum absolute atomic E-state index is 0.0792. The summed E-state index contributed by atoms with van der Waals surface area (Å²) in [7, 11) is 0.